The molecule has 1 nitrogen and oxygen atoms in total. The SMILES string of the molecule is C[Si](C)(C)[c-]1cccc1.ClOCl.[V]. The van der Waals surface area contributed by atoms with Crippen LogP contribution in [0.15, 0.2) is 24.3 Å². The van der Waals surface area contributed by atoms with Gasteiger partial charge in [0.15, 0.2) is 0 Å². The number of rotatable bonds is 1. The Kier molecular flexibility index (Phi) is 9.97. The molecule has 0 spiro atoms. The molecule has 0 aliphatic carbocycles. The maximum absolute atomic E-state index is 4.26. The summed E-state index contributed by atoms with van der Waals surface area (Å²) >= 11 is 8.53. The van der Waals surface area contributed by atoms with Crippen molar-refractivity contribution >= 4 is 37.0 Å². The topological polar surface area (TPSA) is 9.23 Å². The van der Waals surface area contributed by atoms with Gasteiger partial charge in [-0.3, -0.25) is 0 Å². The van der Waals surface area contributed by atoms with Crippen molar-refractivity contribution in [2.24, 2.45) is 0 Å². The van der Waals surface area contributed by atoms with Crippen LogP contribution < -0.4 is 5.19 Å². The van der Waals surface area contributed by atoms with E-state index in [0.29, 0.717) is 0 Å². The second kappa shape index (κ2) is 8.04. The van der Waals surface area contributed by atoms with Gasteiger partial charge in [0, 0.05) is 26.6 Å². The van der Waals surface area contributed by atoms with Crippen LogP contribution in [0.3, 0.4) is 0 Å². The van der Waals surface area contributed by atoms with E-state index in [9.17, 15) is 0 Å². The van der Waals surface area contributed by atoms with E-state index in [4.69, 9.17) is 0 Å². The Balaban J connectivity index is 0. The summed E-state index contributed by atoms with van der Waals surface area (Å²) in [5.41, 5.74) is 0. The van der Waals surface area contributed by atoms with Crippen LogP contribution in [-0.2, 0) is 22.4 Å². The zero-order valence-electron chi connectivity index (χ0n) is 7.92. The third-order valence-corrected chi connectivity index (χ3v) is 3.59. The first-order chi connectivity index (χ1) is 5.52. The van der Waals surface area contributed by atoms with Crippen LogP contribution in [0.25, 0.3) is 0 Å². The largest absolute Gasteiger partial charge is 0.214 e. The molecule has 0 bridgehead atoms. The van der Waals surface area contributed by atoms with Crippen LogP contribution in [0.1, 0.15) is 0 Å². The Bertz CT molecular complexity index is 196. The summed E-state index contributed by atoms with van der Waals surface area (Å²) in [6.07, 6.45) is 0. The van der Waals surface area contributed by atoms with Crippen molar-refractivity contribution in [2.45, 2.75) is 19.6 Å². The molecule has 0 fully saturated rings. The predicted molar refractivity (Wildman–Crippen MR) is 57.8 cm³/mol. The van der Waals surface area contributed by atoms with Gasteiger partial charge in [0.1, 0.15) is 0 Å². The molecule has 0 amide bonds. The molecule has 13 heavy (non-hydrogen) atoms. The summed E-state index contributed by atoms with van der Waals surface area (Å²) in [5.74, 6) is 0. The van der Waals surface area contributed by atoms with Gasteiger partial charge in [-0.1, -0.05) is 19.6 Å². The predicted octanol–water partition coefficient (Wildman–Crippen LogP) is 3.26. The molecule has 1 aromatic carbocycles. The molecule has 0 aromatic heterocycles. The van der Waals surface area contributed by atoms with Crippen LogP contribution in [-0.4, -0.2) is 8.07 Å². The first-order valence-corrected chi connectivity index (χ1v) is 7.75. The Labute approximate surface area is 103 Å². The van der Waals surface area contributed by atoms with Crippen LogP contribution >= 0.6 is 23.7 Å². The van der Waals surface area contributed by atoms with Gasteiger partial charge in [-0.05, 0) is 0 Å². The van der Waals surface area contributed by atoms with Gasteiger partial charge in [0.2, 0.25) is 0 Å². The number of hydrogen-bond acceptors (Lipinski definition) is 1. The van der Waals surface area contributed by atoms with Crippen molar-refractivity contribution in [3.05, 3.63) is 24.3 Å². The fourth-order valence-electron chi connectivity index (χ4n) is 0.874. The monoisotopic (exact) mass is 274 g/mol. The van der Waals surface area contributed by atoms with Crippen LogP contribution in [0.5, 0.6) is 0 Å². The zero-order valence-corrected chi connectivity index (χ0v) is 11.8. The molecule has 75 valence electrons. The van der Waals surface area contributed by atoms with Gasteiger partial charge in [-0.15, -0.1) is 0 Å². The molecule has 1 rings (SSSR count). The summed E-state index contributed by atoms with van der Waals surface area (Å²) < 4.78 is 3.19. The molecule has 0 N–H and O–H groups in total. The van der Waals surface area contributed by atoms with Crippen molar-refractivity contribution < 1.29 is 22.4 Å². The second-order valence-electron chi connectivity index (χ2n) is 3.48. The van der Waals surface area contributed by atoms with Crippen molar-refractivity contribution in [1.29, 1.82) is 0 Å². The van der Waals surface area contributed by atoms with Gasteiger partial charge < -0.3 is 0 Å². The molecule has 0 saturated heterocycles. The van der Waals surface area contributed by atoms with Crippen LogP contribution in [0.2, 0.25) is 19.6 Å². The Morgan fingerprint density at radius 1 is 1.08 bits per heavy atom. The summed E-state index contributed by atoms with van der Waals surface area (Å²) in [7, 11) is -0.981. The van der Waals surface area contributed by atoms with Crippen molar-refractivity contribution in [3.63, 3.8) is 0 Å². The Morgan fingerprint density at radius 2 is 1.38 bits per heavy atom. The van der Waals surface area contributed by atoms with E-state index < -0.39 is 8.07 Å². The fourth-order valence-corrected chi connectivity index (χ4v) is 2.07. The molecule has 0 saturated carbocycles. The van der Waals surface area contributed by atoms with E-state index in [1.165, 1.54) is 0 Å². The first kappa shape index (κ1) is 16.1. The van der Waals surface area contributed by atoms with Crippen molar-refractivity contribution in [2.75, 3.05) is 0 Å². The average molecular weight is 275 g/mol. The van der Waals surface area contributed by atoms with Crippen molar-refractivity contribution in [1.82, 2.24) is 0 Å². The molecule has 0 aliphatic rings. The smallest absolute Gasteiger partial charge is 0.0832 e. The quantitative estimate of drug-likeness (QED) is 0.564. The summed E-state index contributed by atoms with van der Waals surface area (Å²) in [4.78, 5) is 0. The molecule has 0 unspecified atom stereocenters. The van der Waals surface area contributed by atoms with E-state index in [2.05, 4.69) is 71.5 Å². The first-order valence-electron chi connectivity index (χ1n) is 3.64. The molecule has 0 heterocycles. The van der Waals surface area contributed by atoms with E-state index in [1.807, 2.05) is 0 Å². The van der Waals surface area contributed by atoms with E-state index in [-0.39, 0.29) is 18.6 Å². The third kappa shape index (κ3) is 7.74. The second-order valence-corrected chi connectivity index (χ2v) is 9.03. The third-order valence-electron chi connectivity index (χ3n) is 1.53. The standard InChI is InChI=1S/C8H13Si.Cl2O.V/c1-9(2,3)8-6-4-5-7-8;1-3-2;/h4-7H,1-3H3;;/q-1;;. The van der Waals surface area contributed by atoms with E-state index in [0.717, 1.165) is 0 Å². The van der Waals surface area contributed by atoms with Crippen LogP contribution in [0.4, 0.5) is 0 Å². The average Bonchev–Trinajstić information content (AvgIpc) is 2.36. The number of hydrogen-bond donors (Lipinski definition) is 0. The van der Waals surface area contributed by atoms with Gasteiger partial charge >= 0.3 is 0 Å². The molecule has 1 aromatic rings. The number of halogens is 2. The van der Waals surface area contributed by atoms with Gasteiger partial charge in [-0.2, -0.15) is 21.2 Å². The zero-order chi connectivity index (χ0) is 9.61. The maximum Gasteiger partial charge on any atom is 0.0832 e. The van der Waals surface area contributed by atoms with E-state index >= 15 is 0 Å². The molecule has 0 atom stereocenters. The maximum atomic E-state index is 4.26. The van der Waals surface area contributed by atoms with Crippen LogP contribution in [0, 0.1) is 0 Å². The Morgan fingerprint density at radius 3 is 1.54 bits per heavy atom. The molecule has 0 aliphatic heterocycles. The minimum absolute atomic E-state index is 0. The molecular formula is C8H13Cl2OSiV-. The van der Waals surface area contributed by atoms with Crippen molar-refractivity contribution in [3.8, 4) is 0 Å². The fraction of sp³-hybridized carbons (Fsp3) is 0.375. The summed E-state index contributed by atoms with van der Waals surface area (Å²) in [6, 6.07) is 8.69. The Hall–Kier alpha value is 0.691. The van der Waals surface area contributed by atoms with Gasteiger partial charge in [0.05, 0.1) is 23.7 Å². The normalized spacial score (nSPS) is 9.62. The minimum Gasteiger partial charge on any atom is -0.214 e. The summed E-state index contributed by atoms with van der Waals surface area (Å²) in [6.45, 7) is 7.09. The van der Waals surface area contributed by atoms with Gasteiger partial charge in [-0.25, -0.2) is 12.1 Å². The molecule has 1 radical (unpaired) electrons. The molecule has 5 heteroatoms. The minimum atomic E-state index is -0.981. The van der Waals surface area contributed by atoms with Gasteiger partial charge in [0.25, 0.3) is 0 Å². The van der Waals surface area contributed by atoms with E-state index in [1.54, 1.807) is 5.19 Å². The summed E-state index contributed by atoms with van der Waals surface area (Å²) in [5, 5.41) is 1.56. The molecular weight excluding hydrogens is 262 g/mol.